The van der Waals surface area contributed by atoms with Crippen LogP contribution >= 0.6 is 0 Å². The molecular formula is C14H26N4. The highest BCUT2D eigenvalue weighted by molar-refractivity contribution is 5.66. The fourth-order valence-electron chi connectivity index (χ4n) is 2.74. The molecule has 1 saturated heterocycles. The number of nitrogen functional groups attached to an aromatic ring is 1. The lowest BCUT2D eigenvalue weighted by molar-refractivity contribution is 0.531. The van der Waals surface area contributed by atoms with Gasteiger partial charge in [-0.2, -0.15) is 5.10 Å². The fourth-order valence-corrected chi connectivity index (χ4v) is 2.74. The van der Waals surface area contributed by atoms with Gasteiger partial charge in [-0.1, -0.05) is 26.2 Å². The van der Waals surface area contributed by atoms with Crippen LogP contribution in [0.15, 0.2) is 0 Å². The zero-order valence-electron chi connectivity index (χ0n) is 11.8. The Hall–Kier alpha value is -1.19. The van der Waals surface area contributed by atoms with Crippen molar-refractivity contribution in [1.82, 2.24) is 9.78 Å². The summed E-state index contributed by atoms with van der Waals surface area (Å²) in [6, 6.07) is 0. The molecule has 1 aromatic heterocycles. The van der Waals surface area contributed by atoms with Crippen molar-refractivity contribution in [2.45, 2.75) is 58.9 Å². The molecule has 1 fully saturated rings. The van der Waals surface area contributed by atoms with Gasteiger partial charge < -0.3 is 10.6 Å². The molecule has 0 unspecified atom stereocenters. The van der Waals surface area contributed by atoms with Gasteiger partial charge in [-0.3, -0.25) is 0 Å². The van der Waals surface area contributed by atoms with Crippen LogP contribution in [0.3, 0.4) is 0 Å². The van der Waals surface area contributed by atoms with E-state index in [9.17, 15) is 0 Å². The zero-order chi connectivity index (χ0) is 13.0. The second-order valence-electron chi connectivity index (χ2n) is 5.30. The summed E-state index contributed by atoms with van der Waals surface area (Å²) in [7, 11) is 0. The Labute approximate surface area is 110 Å². The van der Waals surface area contributed by atoms with Gasteiger partial charge in [0, 0.05) is 19.6 Å². The molecule has 1 aromatic rings. The summed E-state index contributed by atoms with van der Waals surface area (Å²) in [4.78, 5) is 2.45. The third-order valence-electron chi connectivity index (χ3n) is 3.74. The van der Waals surface area contributed by atoms with E-state index in [1.165, 1.54) is 32.1 Å². The maximum absolute atomic E-state index is 6.23. The molecule has 1 aliphatic heterocycles. The van der Waals surface area contributed by atoms with E-state index >= 15 is 0 Å². The van der Waals surface area contributed by atoms with Gasteiger partial charge in [0.25, 0.3) is 0 Å². The lowest BCUT2D eigenvalue weighted by atomic mass is 10.1. The Morgan fingerprint density at radius 1 is 1.11 bits per heavy atom. The van der Waals surface area contributed by atoms with Crippen molar-refractivity contribution >= 4 is 11.5 Å². The van der Waals surface area contributed by atoms with Gasteiger partial charge in [-0.05, 0) is 26.2 Å². The predicted octanol–water partition coefficient (Wildman–Crippen LogP) is 2.95. The predicted molar refractivity (Wildman–Crippen MR) is 77.0 cm³/mol. The Morgan fingerprint density at radius 2 is 1.72 bits per heavy atom. The van der Waals surface area contributed by atoms with Gasteiger partial charge in [-0.15, -0.1) is 0 Å². The molecule has 0 amide bonds. The molecule has 0 aromatic carbocycles. The Morgan fingerprint density at radius 3 is 2.33 bits per heavy atom. The van der Waals surface area contributed by atoms with Crippen LogP contribution in [-0.2, 0) is 6.54 Å². The van der Waals surface area contributed by atoms with E-state index in [2.05, 4.69) is 21.6 Å². The second-order valence-corrected chi connectivity index (χ2v) is 5.30. The van der Waals surface area contributed by atoms with Gasteiger partial charge in [-0.25, -0.2) is 4.68 Å². The maximum atomic E-state index is 6.23. The Bertz CT molecular complexity index is 375. The Kier molecular flexibility index (Phi) is 4.50. The van der Waals surface area contributed by atoms with Gasteiger partial charge in [0.15, 0.2) is 5.82 Å². The summed E-state index contributed by atoms with van der Waals surface area (Å²) in [6.07, 6.45) is 7.72. The van der Waals surface area contributed by atoms with Crippen LogP contribution < -0.4 is 10.6 Å². The standard InChI is InChI=1S/C14H26N4/c1-3-9-18-14(13(15)12(2)16-18)17-10-7-5-4-6-8-11-17/h3-11,15H2,1-2H3. The SMILES string of the molecule is CCCn1nc(C)c(N)c1N1CCCCCCC1. The van der Waals surface area contributed by atoms with Crippen molar-refractivity contribution in [2.75, 3.05) is 23.7 Å². The minimum Gasteiger partial charge on any atom is -0.394 e. The quantitative estimate of drug-likeness (QED) is 0.897. The van der Waals surface area contributed by atoms with Crippen LogP contribution in [0.2, 0.25) is 0 Å². The monoisotopic (exact) mass is 250 g/mol. The molecule has 4 heteroatoms. The van der Waals surface area contributed by atoms with Gasteiger partial charge >= 0.3 is 0 Å². The summed E-state index contributed by atoms with van der Waals surface area (Å²) in [5.74, 6) is 1.16. The number of nitrogens with two attached hydrogens (primary N) is 1. The highest BCUT2D eigenvalue weighted by Crippen LogP contribution is 2.28. The average molecular weight is 250 g/mol. The van der Waals surface area contributed by atoms with Gasteiger partial charge in [0.05, 0.1) is 11.4 Å². The summed E-state index contributed by atoms with van der Waals surface area (Å²) < 4.78 is 2.10. The number of aromatic nitrogens is 2. The molecule has 2 heterocycles. The smallest absolute Gasteiger partial charge is 0.150 e. The fraction of sp³-hybridized carbons (Fsp3) is 0.786. The number of aryl methyl sites for hydroxylation is 2. The molecule has 2 N–H and O–H groups in total. The van der Waals surface area contributed by atoms with Crippen molar-refractivity contribution in [3.8, 4) is 0 Å². The van der Waals surface area contributed by atoms with E-state index in [0.717, 1.165) is 43.3 Å². The van der Waals surface area contributed by atoms with Gasteiger partial charge in [0.2, 0.25) is 0 Å². The molecule has 0 radical (unpaired) electrons. The number of hydrogen-bond donors (Lipinski definition) is 1. The highest BCUT2D eigenvalue weighted by atomic mass is 15.4. The minimum atomic E-state index is 0.879. The van der Waals surface area contributed by atoms with Crippen LogP contribution in [0.5, 0.6) is 0 Å². The van der Waals surface area contributed by atoms with E-state index in [1.54, 1.807) is 0 Å². The first-order valence-electron chi connectivity index (χ1n) is 7.32. The summed E-state index contributed by atoms with van der Waals surface area (Å²) in [5, 5.41) is 4.58. The van der Waals surface area contributed by atoms with Crippen LogP contribution in [0.1, 0.15) is 51.1 Å². The first kappa shape index (κ1) is 13.2. The first-order valence-corrected chi connectivity index (χ1v) is 7.32. The van der Waals surface area contributed by atoms with Crippen LogP contribution in [0.4, 0.5) is 11.5 Å². The normalized spacial score (nSPS) is 17.6. The molecule has 0 aliphatic carbocycles. The molecule has 1 aliphatic rings. The molecule has 0 spiro atoms. The zero-order valence-corrected chi connectivity index (χ0v) is 11.8. The third-order valence-corrected chi connectivity index (χ3v) is 3.74. The lowest BCUT2D eigenvalue weighted by Crippen LogP contribution is -2.30. The largest absolute Gasteiger partial charge is 0.394 e. The molecule has 0 atom stereocenters. The molecule has 2 rings (SSSR count). The summed E-state index contributed by atoms with van der Waals surface area (Å²) >= 11 is 0. The summed E-state index contributed by atoms with van der Waals surface area (Å²) in [5.41, 5.74) is 8.08. The molecule has 4 nitrogen and oxygen atoms in total. The van der Waals surface area contributed by atoms with Gasteiger partial charge in [0.1, 0.15) is 0 Å². The molecule has 18 heavy (non-hydrogen) atoms. The third kappa shape index (κ3) is 2.79. The van der Waals surface area contributed by atoms with E-state index in [0.29, 0.717) is 0 Å². The van der Waals surface area contributed by atoms with Crippen molar-refractivity contribution in [3.05, 3.63) is 5.69 Å². The van der Waals surface area contributed by atoms with Crippen molar-refractivity contribution in [3.63, 3.8) is 0 Å². The number of rotatable bonds is 3. The van der Waals surface area contributed by atoms with Crippen molar-refractivity contribution in [1.29, 1.82) is 0 Å². The van der Waals surface area contributed by atoms with E-state index in [4.69, 9.17) is 5.73 Å². The second kappa shape index (κ2) is 6.12. The molecule has 102 valence electrons. The van der Waals surface area contributed by atoms with E-state index in [-0.39, 0.29) is 0 Å². The van der Waals surface area contributed by atoms with Crippen LogP contribution in [0, 0.1) is 6.92 Å². The molecular weight excluding hydrogens is 224 g/mol. The lowest BCUT2D eigenvalue weighted by Gasteiger charge is -2.27. The summed E-state index contributed by atoms with van der Waals surface area (Å²) in [6.45, 7) is 7.40. The molecule has 0 saturated carbocycles. The Balaban J connectivity index is 2.23. The number of anilines is 2. The number of hydrogen-bond acceptors (Lipinski definition) is 3. The van der Waals surface area contributed by atoms with E-state index in [1.807, 2.05) is 6.92 Å². The van der Waals surface area contributed by atoms with E-state index < -0.39 is 0 Å². The molecule has 0 bridgehead atoms. The number of nitrogens with zero attached hydrogens (tertiary/aromatic N) is 3. The van der Waals surface area contributed by atoms with Crippen LogP contribution in [0.25, 0.3) is 0 Å². The minimum absolute atomic E-state index is 0.879. The van der Waals surface area contributed by atoms with Crippen LogP contribution in [-0.4, -0.2) is 22.9 Å². The average Bonchev–Trinajstić information content (AvgIpc) is 2.56. The first-order chi connectivity index (χ1) is 8.74. The van der Waals surface area contributed by atoms with Crippen molar-refractivity contribution < 1.29 is 0 Å². The topological polar surface area (TPSA) is 47.1 Å². The highest BCUT2D eigenvalue weighted by Gasteiger charge is 2.19. The maximum Gasteiger partial charge on any atom is 0.150 e. The van der Waals surface area contributed by atoms with Crippen molar-refractivity contribution in [2.24, 2.45) is 0 Å².